The van der Waals surface area contributed by atoms with Crippen molar-refractivity contribution in [2.45, 2.75) is 84.3 Å². The van der Waals surface area contributed by atoms with E-state index >= 15 is 4.39 Å². The lowest BCUT2D eigenvalue weighted by Gasteiger charge is -2.49. The number of aliphatic imine (C=N–C) groups is 1. The molecule has 0 aromatic heterocycles. The second kappa shape index (κ2) is 17.4. The van der Waals surface area contributed by atoms with Gasteiger partial charge in [-0.3, -0.25) is 19.5 Å². The van der Waals surface area contributed by atoms with Gasteiger partial charge in [0, 0.05) is 22.7 Å². The SMILES string of the molecule is CCCCC(c1ccc(C(=O)NC/C(=N/N)NN)cc1)N(C)C1(/N=C(\C=O)c2ccc(-c3ccc(Cl)c(F)c3)c(F)c2)CCC(C(C)(C)C)CC1. The summed E-state index contributed by atoms with van der Waals surface area (Å²) in [7, 11) is 2.05. The van der Waals surface area contributed by atoms with Crippen LogP contribution >= 0.6 is 11.6 Å². The predicted octanol–water partition coefficient (Wildman–Crippen LogP) is 7.53. The molecule has 4 rings (SSSR count). The zero-order valence-electron chi connectivity index (χ0n) is 30.1. The Bertz CT molecular complexity index is 1730. The van der Waals surface area contributed by atoms with Crippen LogP contribution in [0.1, 0.15) is 100 Å². The lowest BCUT2D eigenvalue weighted by atomic mass is 9.69. The summed E-state index contributed by atoms with van der Waals surface area (Å²) >= 11 is 5.84. The van der Waals surface area contributed by atoms with Crippen molar-refractivity contribution in [1.82, 2.24) is 15.6 Å². The number of benzene rings is 3. The second-order valence-corrected chi connectivity index (χ2v) is 14.8. The van der Waals surface area contributed by atoms with Gasteiger partial charge >= 0.3 is 0 Å². The Balaban J connectivity index is 1.72. The molecule has 1 saturated carbocycles. The van der Waals surface area contributed by atoms with Gasteiger partial charge in [-0.2, -0.15) is 5.10 Å². The predicted molar refractivity (Wildman–Crippen MR) is 201 cm³/mol. The summed E-state index contributed by atoms with van der Waals surface area (Å²) in [6, 6.07) is 16.0. The first kappa shape index (κ1) is 39.6. The summed E-state index contributed by atoms with van der Waals surface area (Å²) in [4.78, 5) is 33.1. The molecule has 1 unspecified atom stereocenters. The molecule has 0 radical (unpaired) electrons. The molecule has 6 N–H and O–H groups in total. The van der Waals surface area contributed by atoms with Gasteiger partial charge in [-0.1, -0.05) is 82.5 Å². The number of amides is 1. The Morgan fingerprint density at radius 3 is 2.27 bits per heavy atom. The zero-order valence-corrected chi connectivity index (χ0v) is 30.9. The largest absolute Gasteiger partial charge is 0.345 e. The zero-order chi connectivity index (χ0) is 37.3. The van der Waals surface area contributed by atoms with Crippen LogP contribution < -0.4 is 22.4 Å². The molecular formula is C39H50ClF2N7O2. The quantitative estimate of drug-likeness (QED) is 0.0473. The van der Waals surface area contributed by atoms with E-state index in [2.05, 4.69) is 55.5 Å². The first-order valence-corrected chi connectivity index (χ1v) is 17.8. The molecule has 3 aromatic rings. The summed E-state index contributed by atoms with van der Waals surface area (Å²) in [6.07, 6.45) is 6.68. The number of hydrazine groups is 1. The monoisotopic (exact) mass is 721 g/mol. The van der Waals surface area contributed by atoms with Crippen LogP contribution in [0.25, 0.3) is 11.1 Å². The molecule has 51 heavy (non-hydrogen) atoms. The van der Waals surface area contributed by atoms with Crippen LogP contribution in [0.3, 0.4) is 0 Å². The Labute approximate surface area is 304 Å². The molecule has 1 aliphatic rings. The first-order chi connectivity index (χ1) is 24.3. The van der Waals surface area contributed by atoms with Gasteiger partial charge in [0.2, 0.25) is 0 Å². The Morgan fingerprint density at radius 1 is 1.06 bits per heavy atom. The fourth-order valence-corrected chi connectivity index (χ4v) is 7.09. The highest BCUT2D eigenvalue weighted by atomic mass is 35.5. The molecule has 0 spiro atoms. The summed E-state index contributed by atoms with van der Waals surface area (Å²) < 4.78 is 29.8. The second-order valence-electron chi connectivity index (χ2n) is 14.4. The molecule has 9 nitrogen and oxygen atoms in total. The summed E-state index contributed by atoms with van der Waals surface area (Å²) in [5.74, 6) is 9.81. The van der Waals surface area contributed by atoms with Gasteiger partial charge in [0.15, 0.2) is 12.1 Å². The average Bonchev–Trinajstić information content (AvgIpc) is 3.12. The number of hydrazone groups is 1. The lowest BCUT2D eigenvalue weighted by Crippen LogP contribution is -2.50. The number of carbonyl (C=O) groups is 2. The molecular weight excluding hydrogens is 672 g/mol. The normalized spacial score (nSPS) is 19.1. The van der Waals surface area contributed by atoms with Crippen LogP contribution in [0.15, 0.2) is 70.8 Å². The van der Waals surface area contributed by atoms with E-state index in [0.717, 1.165) is 37.7 Å². The molecule has 274 valence electrons. The summed E-state index contributed by atoms with van der Waals surface area (Å²) in [5, 5.41) is 6.19. The number of unbranched alkanes of at least 4 members (excludes halogenated alkanes) is 1. The first-order valence-electron chi connectivity index (χ1n) is 17.4. The number of nitrogens with zero attached hydrogens (tertiary/aromatic N) is 3. The fraction of sp³-hybridized carbons (Fsp3) is 0.436. The molecule has 1 aliphatic carbocycles. The number of nitrogens with two attached hydrogens (primary N) is 2. The minimum atomic E-state index is -0.756. The minimum Gasteiger partial charge on any atom is -0.345 e. The van der Waals surface area contributed by atoms with Crippen LogP contribution in [0, 0.1) is 23.0 Å². The van der Waals surface area contributed by atoms with E-state index in [0.29, 0.717) is 41.7 Å². The van der Waals surface area contributed by atoms with Crippen LogP contribution in [0.4, 0.5) is 8.78 Å². The highest BCUT2D eigenvalue weighted by Crippen LogP contribution is 2.47. The van der Waals surface area contributed by atoms with E-state index < -0.39 is 17.3 Å². The van der Waals surface area contributed by atoms with E-state index in [1.54, 1.807) is 24.3 Å². The number of hydrogen-bond acceptors (Lipinski definition) is 7. The maximum Gasteiger partial charge on any atom is 0.251 e. The molecule has 0 heterocycles. The Hall–Kier alpha value is -4.19. The molecule has 0 bridgehead atoms. The van der Waals surface area contributed by atoms with Gasteiger partial charge in [0.05, 0.1) is 11.6 Å². The van der Waals surface area contributed by atoms with Gasteiger partial charge in [0.25, 0.3) is 5.91 Å². The number of nitrogens with one attached hydrogen (secondary N) is 2. The highest BCUT2D eigenvalue weighted by molar-refractivity contribution is 6.36. The van der Waals surface area contributed by atoms with Crippen LogP contribution in [-0.4, -0.2) is 47.9 Å². The van der Waals surface area contributed by atoms with Crippen molar-refractivity contribution in [3.8, 4) is 11.1 Å². The molecule has 1 amide bonds. The van der Waals surface area contributed by atoms with Gasteiger partial charge in [-0.05, 0) is 91.9 Å². The van der Waals surface area contributed by atoms with Crippen molar-refractivity contribution in [3.05, 3.63) is 94.0 Å². The van der Waals surface area contributed by atoms with Crippen LogP contribution in [0.2, 0.25) is 5.02 Å². The third-order valence-corrected chi connectivity index (χ3v) is 10.5. The van der Waals surface area contributed by atoms with Crippen molar-refractivity contribution in [2.75, 3.05) is 13.6 Å². The fourth-order valence-electron chi connectivity index (χ4n) is 6.97. The van der Waals surface area contributed by atoms with Crippen molar-refractivity contribution < 1.29 is 18.4 Å². The molecule has 0 aliphatic heterocycles. The highest BCUT2D eigenvalue weighted by Gasteiger charge is 2.44. The third-order valence-electron chi connectivity index (χ3n) is 10.2. The number of hydrogen-bond donors (Lipinski definition) is 4. The number of carbonyl (C=O) groups excluding carboxylic acids is 2. The third kappa shape index (κ3) is 9.58. The number of rotatable bonds is 13. The van der Waals surface area contributed by atoms with E-state index in [-0.39, 0.29) is 46.0 Å². The number of halogens is 3. The standard InChI is InChI=1S/C39H50ClF2N7O2/c1-6-7-8-35(25-9-11-26(12-10-25)37(51)45-23-36(47-43)48-44)49(5)39(19-17-29(18-20-39)38(2,3)4)46-34(24-50)28-13-15-30(32(41)22-28)27-14-16-31(40)33(42)21-27/h9-16,21-22,24,29,35H,6-8,17-20,23,43-44H2,1-5H3,(H,45,51)(H,47,48)/b46-34+. The van der Waals surface area contributed by atoms with Crippen LogP contribution in [0.5, 0.6) is 0 Å². The number of amidine groups is 1. The molecule has 0 saturated heterocycles. The number of aldehydes is 1. The van der Waals surface area contributed by atoms with E-state index in [1.165, 1.54) is 24.3 Å². The minimum absolute atomic E-state index is 0.0478. The molecule has 3 aromatic carbocycles. The maximum atomic E-state index is 15.6. The van der Waals surface area contributed by atoms with Crippen molar-refractivity contribution in [2.24, 2.45) is 33.1 Å². The van der Waals surface area contributed by atoms with Gasteiger partial charge in [-0.15, -0.1) is 0 Å². The Morgan fingerprint density at radius 2 is 1.73 bits per heavy atom. The van der Waals surface area contributed by atoms with Crippen molar-refractivity contribution in [3.63, 3.8) is 0 Å². The van der Waals surface area contributed by atoms with E-state index in [9.17, 15) is 14.0 Å². The van der Waals surface area contributed by atoms with Gasteiger partial charge in [-0.25, -0.2) is 14.6 Å². The van der Waals surface area contributed by atoms with Crippen LogP contribution in [-0.2, 0) is 4.79 Å². The topological polar surface area (TPSA) is 138 Å². The molecule has 1 atom stereocenters. The molecule has 12 heteroatoms. The van der Waals surface area contributed by atoms with Gasteiger partial charge < -0.3 is 16.6 Å². The molecule has 1 fully saturated rings. The van der Waals surface area contributed by atoms with Gasteiger partial charge in [0.1, 0.15) is 23.0 Å². The maximum absolute atomic E-state index is 15.6. The average molecular weight is 722 g/mol. The van der Waals surface area contributed by atoms with E-state index in [1.807, 2.05) is 12.1 Å². The van der Waals surface area contributed by atoms with E-state index in [4.69, 9.17) is 28.3 Å². The smallest absolute Gasteiger partial charge is 0.251 e. The lowest BCUT2D eigenvalue weighted by molar-refractivity contribution is -0.102. The summed E-state index contributed by atoms with van der Waals surface area (Å²) in [5.41, 5.74) is 4.21. The Kier molecular flexibility index (Phi) is 13.5. The summed E-state index contributed by atoms with van der Waals surface area (Å²) in [6.45, 7) is 8.95. The van der Waals surface area contributed by atoms with Crippen molar-refractivity contribution >= 4 is 35.3 Å². The van der Waals surface area contributed by atoms with Crippen molar-refractivity contribution in [1.29, 1.82) is 0 Å².